The average Bonchev–Trinajstić information content (AvgIpc) is 2.62. The number of hydrogen-bond acceptors (Lipinski definition) is 2. The van der Waals surface area contributed by atoms with Crippen molar-refractivity contribution in [1.82, 2.24) is 9.78 Å². The summed E-state index contributed by atoms with van der Waals surface area (Å²) in [5.41, 5.74) is 5.94. The topological polar surface area (TPSA) is 60.9 Å². The van der Waals surface area contributed by atoms with Crippen molar-refractivity contribution in [2.75, 3.05) is 0 Å². The van der Waals surface area contributed by atoms with Gasteiger partial charge in [-0.1, -0.05) is 23.2 Å². The van der Waals surface area contributed by atoms with Gasteiger partial charge in [0.2, 0.25) is 0 Å². The minimum atomic E-state index is -0.616. The van der Waals surface area contributed by atoms with E-state index in [9.17, 15) is 4.79 Å². The summed E-state index contributed by atoms with van der Waals surface area (Å²) in [6, 6.07) is 8.31. The van der Waals surface area contributed by atoms with Crippen molar-refractivity contribution in [2.24, 2.45) is 5.73 Å². The van der Waals surface area contributed by atoms with Crippen molar-refractivity contribution in [2.45, 2.75) is 0 Å². The molecular weight excluding hydrogens is 249 g/mol. The van der Waals surface area contributed by atoms with E-state index < -0.39 is 5.91 Å². The molecule has 1 aromatic carbocycles. The van der Waals surface area contributed by atoms with Gasteiger partial charge in [-0.3, -0.25) is 4.79 Å². The first kappa shape index (κ1) is 11.0. The summed E-state index contributed by atoms with van der Waals surface area (Å²) in [4.78, 5) is 10.9. The van der Waals surface area contributed by atoms with Crippen LogP contribution >= 0.6 is 23.2 Å². The lowest BCUT2D eigenvalue weighted by atomic mass is 10.3. The van der Waals surface area contributed by atoms with E-state index in [1.807, 2.05) is 0 Å². The lowest BCUT2D eigenvalue weighted by molar-refractivity contribution is 0.0995. The normalized spacial score (nSPS) is 10.4. The van der Waals surface area contributed by atoms with Crippen LogP contribution < -0.4 is 5.73 Å². The second kappa shape index (κ2) is 4.15. The maximum Gasteiger partial charge on any atom is 0.269 e. The summed E-state index contributed by atoms with van der Waals surface area (Å²) >= 11 is 11.7. The lowest BCUT2D eigenvalue weighted by Gasteiger charge is -2.02. The molecule has 2 aromatic rings. The van der Waals surface area contributed by atoms with Crippen LogP contribution in [0.1, 0.15) is 10.5 Å². The van der Waals surface area contributed by atoms with Crippen molar-refractivity contribution in [3.8, 4) is 5.69 Å². The van der Waals surface area contributed by atoms with E-state index in [0.717, 1.165) is 0 Å². The van der Waals surface area contributed by atoms with Gasteiger partial charge in [0.15, 0.2) is 5.69 Å². The first-order valence-corrected chi connectivity index (χ1v) is 5.15. The highest BCUT2D eigenvalue weighted by Gasteiger charge is 2.11. The molecule has 1 amide bonds. The molecule has 0 aliphatic heterocycles. The third-order valence-corrected chi connectivity index (χ3v) is 2.51. The third-order valence-electron chi connectivity index (χ3n) is 1.99. The molecule has 0 fully saturated rings. The largest absolute Gasteiger partial charge is 0.364 e. The maximum atomic E-state index is 10.9. The van der Waals surface area contributed by atoms with E-state index >= 15 is 0 Å². The Labute approximate surface area is 102 Å². The summed E-state index contributed by atoms with van der Waals surface area (Å²) in [5.74, 6) is -0.616. The van der Waals surface area contributed by atoms with E-state index in [-0.39, 0.29) is 5.69 Å². The molecule has 0 spiro atoms. The number of primary amides is 1. The number of halogens is 2. The quantitative estimate of drug-likeness (QED) is 0.895. The molecule has 2 N–H and O–H groups in total. The Morgan fingerprint density at radius 1 is 1.25 bits per heavy atom. The molecule has 1 heterocycles. The summed E-state index contributed by atoms with van der Waals surface area (Å²) < 4.78 is 1.41. The SMILES string of the molecule is NC(=O)c1cc(Cl)n(-c2ccc(Cl)cc2)n1. The van der Waals surface area contributed by atoms with Gasteiger partial charge in [-0.15, -0.1) is 0 Å². The van der Waals surface area contributed by atoms with Gasteiger partial charge in [0.05, 0.1) is 5.69 Å². The Balaban J connectivity index is 2.47. The zero-order valence-corrected chi connectivity index (χ0v) is 9.53. The number of rotatable bonds is 2. The predicted molar refractivity (Wildman–Crippen MR) is 62.1 cm³/mol. The van der Waals surface area contributed by atoms with Gasteiger partial charge in [-0.05, 0) is 24.3 Å². The number of benzene rings is 1. The summed E-state index contributed by atoms with van der Waals surface area (Å²) in [6.45, 7) is 0. The highest BCUT2D eigenvalue weighted by Crippen LogP contribution is 2.18. The summed E-state index contributed by atoms with van der Waals surface area (Å²) in [6.07, 6.45) is 0. The number of nitrogens with zero attached hydrogens (tertiary/aromatic N) is 2. The first-order chi connectivity index (χ1) is 7.58. The molecule has 2 rings (SSSR count). The molecule has 16 heavy (non-hydrogen) atoms. The predicted octanol–water partition coefficient (Wildman–Crippen LogP) is 2.28. The lowest BCUT2D eigenvalue weighted by Crippen LogP contribution is -2.12. The average molecular weight is 256 g/mol. The van der Waals surface area contributed by atoms with Gasteiger partial charge < -0.3 is 5.73 Å². The standard InChI is InChI=1S/C10H7Cl2N3O/c11-6-1-3-7(4-2-6)15-9(12)5-8(14-15)10(13)16/h1-5H,(H2,13,16). The zero-order valence-electron chi connectivity index (χ0n) is 8.02. The van der Waals surface area contributed by atoms with Gasteiger partial charge >= 0.3 is 0 Å². The molecule has 6 heteroatoms. The molecule has 0 aliphatic rings. The van der Waals surface area contributed by atoms with Crippen LogP contribution in [-0.2, 0) is 0 Å². The van der Waals surface area contributed by atoms with Crippen LogP contribution in [0.15, 0.2) is 30.3 Å². The van der Waals surface area contributed by atoms with Gasteiger partial charge in [0, 0.05) is 11.1 Å². The highest BCUT2D eigenvalue weighted by molar-refractivity contribution is 6.31. The van der Waals surface area contributed by atoms with Gasteiger partial charge in [0.1, 0.15) is 5.15 Å². The number of carbonyl (C=O) groups is 1. The fraction of sp³-hybridized carbons (Fsp3) is 0. The number of nitrogens with two attached hydrogens (primary N) is 1. The number of hydrogen-bond donors (Lipinski definition) is 1. The number of carbonyl (C=O) groups excluding carboxylic acids is 1. The van der Waals surface area contributed by atoms with Crippen molar-refractivity contribution < 1.29 is 4.79 Å². The second-order valence-electron chi connectivity index (χ2n) is 3.10. The van der Waals surface area contributed by atoms with Crippen LogP contribution in [0.4, 0.5) is 0 Å². The monoisotopic (exact) mass is 255 g/mol. The van der Waals surface area contributed by atoms with E-state index in [1.165, 1.54) is 10.7 Å². The minimum absolute atomic E-state index is 0.125. The van der Waals surface area contributed by atoms with Crippen molar-refractivity contribution in [3.63, 3.8) is 0 Å². The Bertz CT molecular complexity index is 533. The second-order valence-corrected chi connectivity index (χ2v) is 3.93. The Kier molecular flexibility index (Phi) is 2.85. The number of amides is 1. The smallest absolute Gasteiger partial charge is 0.269 e. The Morgan fingerprint density at radius 3 is 2.38 bits per heavy atom. The molecule has 0 saturated carbocycles. The fourth-order valence-corrected chi connectivity index (χ4v) is 1.61. The van der Waals surface area contributed by atoms with E-state index in [0.29, 0.717) is 15.9 Å². The zero-order chi connectivity index (χ0) is 11.7. The van der Waals surface area contributed by atoms with Gasteiger partial charge in [-0.25, -0.2) is 4.68 Å². The molecule has 0 unspecified atom stereocenters. The Hall–Kier alpha value is -1.52. The van der Waals surface area contributed by atoms with Gasteiger partial charge in [0.25, 0.3) is 5.91 Å². The summed E-state index contributed by atoms with van der Waals surface area (Å²) in [5, 5.41) is 4.91. The molecule has 4 nitrogen and oxygen atoms in total. The van der Waals surface area contributed by atoms with Crippen LogP contribution in [0, 0.1) is 0 Å². The van der Waals surface area contributed by atoms with E-state index in [4.69, 9.17) is 28.9 Å². The van der Waals surface area contributed by atoms with Crippen LogP contribution in [0.5, 0.6) is 0 Å². The number of aromatic nitrogens is 2. The van der Waals surface area contributed by atoms with E-state index in [1.54, 1.807) is 24.3 Å². The van der Waals surface area contributed by atoms with Crippen LogP contribution in [-0.4, -0.2) is 15.7 Å². The summed E-state index contributed by atoms with van der Waals surface area (Å²) in [7, 11) is 0. The van der Waals surface area contributed by atoms with Gasteiger partial charge in [-0.2, -0.15) is 5.10 Å². The molecular formula is C10H7Cl2N3O. The first-order valence-electron chi connectivity index (χ1n) is 4.39. The highest BCUT2D eigenvalue weighted by atomic mass is 35.5. The molecule has 1 aromatic heterocycles. The van der Waals surface area contributed by atoms with Crippen LogP contribution in [0.25, 0.3) is 5.69 Å². The third kappa shape index (κ3) is 2.03. The fourth-order valence-electron chi connectivity index (χ4n) is 1.24. The van der Waals surface area contributed by atoms with Crippen molar-refractivity contribution in [1.29, 1.82) is 0 Å². The Morgan fingerprint density at radius 2 is 1.88 bits per heavy atom. The van der Waals surface area contributed by atoms with Crippen molar-refractivity contribution in [3.05, 3.63) is 46.2 Å². The minimum Gasteiger partial charge on any atom is -0.364 e. The maximum absolute atomic E-state index is 10.9. The molecule has 0 saturated heterocycles. The van der Waals surface area contributed by atoms with E-state index in [2.05, 4.69) is 5.10 Å². The molecule has 0 atom stereocenters. The molecule has 0 bridgehead atoms. The van der Waals surface area contributed by atoms with Crippen molar-refractivity contribution >= 4 is 29.1 Å². The van der Waals surface area contributed by atoms with Crippen LogP contribution in [0.3, 0.4) is 0 Å². The molecule has 0 radical (unpaired) electrons. The molecule has 82 valence electrons. The van der Waals surface area contributed by atoms with Crippen LogP contribution in [0.2, 0.25) is 10.2 Å². The molecule has 0 aliphatic carbocycles.